The van der Waals surface area contributed by atoms with E-state index in [1.165, 1.54) is 6.33 Å². The summed E-state index contributed by atoms with van der Waals surface area (Å²) in [5.74, 6) is 2.44. The molecule has 1 aliphatic heterocycles. The van der Waals surface area contributed by atoms with Crippen molar-refractivity contribution >= 4 is 45.4 Å². The fourth-order valence-electron chi connectivity index (χ4n) is 4.85. The topological polar surface area (TPSA) is 136 Å². The Bertz CT molecular complexity index is 1800. The summed E-state index contributed by atoms with van der Waals surface area (Å²) in [6.45, 7) is 8.30. The number of aromatic nitrogens is 7. The number of fused-ring (bicyclic) bond motifs is 2. The molecule has 0 aliphatic carbocycles. The molecule has 0 saturated carbocycles. The summed E-state index contributed by atoms with van der Waals surface area (Å²) in [5.41, 5.74) is 5.14. The molecule has 6 rings (SSSR count). The Morgan fingerprint density at radius 2 is 1.88 bits per heavy atom. The van der Waals surface area contributed by atoms with Crippen LogP contribution in [0.1, 0.15) is 5.56 Å². The van der Waals surface area contributed by atoms with Gasteiger partial charge in [0, 0.05) is 57.7 Å². The highest BCUT2D eigenvalue weighted by atomic mass is 16.5. The normalized spacial score (nSPS) is 13.5. The Morgan fingerprint density at radius 3 is 2.67 bits per heavy atom. The van der Waals surface area contributed by atoms with Crippen molar-refractivity contribution in [3.63, 3.8) is 0 Å². The highest BCUT2D eigenvalue weighted by Gasteiger charge is 2.24. The molecule has 0 bridgehead atoms. The second-order valence-electron chi connectivity index (χ2n) is 10.0. The Kier molecular flexibility index (Phi) is 7.32. The van der Waals surface area contributed by atoms with E-state index in [1.54, 1.807) is 22.9 Å². The molecule has 0 radical (unpaired) electrons. The highest BCUT2D eigenvalue weighted by molar-refractivity contribution is 5.93. The summed E-state index contributed by atoms with van der Waals surface area (Å²) >= 11 is 0. The molecule has 0 unspecified atom stereocenters. The minimum Gasteiger partial charge on any atom is -0.457 e. The first-order valence-corrected chi connectivity index (χ1v) is 13.4. The molecule has 13 heteroatoms. The molecule has 1 aliphatic rings. The number of carbonyl (C=O) groups excluding carboxylic acids is 1. The van der Waals surface area contributed by atoms with E-state index in [0.29, 0.717) is 60.3 Å². The second kappa shape index (κ2) is 11.4. The largest absolute Gasteiger partial charge is 0.457 e. The SMILES string of the molecule is C=C(COC)C(=O)N1CCN(c2ncc3ncnc(Nc4ccc(Oc5ccc6c(c5)nnn6C)c(C)c4)c3n2)CC1. The third-order valence-corrected chi connectivity index (χ3v) is 7.08. The fraction of sp³-hybridized carbons (Fsp3) is 0.276. The zero-order valence-electron chi connectivity index (χ0n) is 23.6. The average molecular weight is 567 g/mol. The number of ether oxygens (including phenoxy) is 2. The van der Waals surface area contributed by atoms with E-state index in [1.807, 2.05) is 55.3 Å². The van der Waals surface area contributed by atoms with Crippen molar-refractivity contribution in [2.75, 3.05) is 50.1 Å². The van der Waals surface area contributed by atoms with Crippen molar-refractivity contribution in [2.45, 2.75) is 6.92 Å². The van der Waals surface area contributed by atoms with Gasteiger partial charge in [-0.1, -0.05) is 11.8 Å². The number of benzene rings is 2. The lowest BCUT2D eigenvalue weighted by molar-refractivity contribution is -0.127. The molecule has 4 heterocycles. The van der Waals surface area contributed by atoms with E-state index < -0.39 is 0 Å². The number of hydrogen-bond donors (Lipinski definition) is 1. The summed E-state index contributed by atoms with van der Waals surface area (Å²) in [4.78, 5) is 34.5. The van der Waals surface area contributed by atoms with Gasteiger partial charge in [-0.15, -0.1) is 5.10 Å². The van der Waals surface area contributed by atoms with E-state index in [4.69, 9.17) is 14.5 Å². The monoisotopic (exact) mass is 566 g/mol. The molecule has 13 nitrogen and oxygen atoms in total. The van der Waals surface area contributed by atoms with E-state index in [-0.39, 0.29) is 12.5 Å². The van der Waals surface area contributed by atoms with E-state index >= 15 is 0 Å². The van der Waals surface area contributed by atoms with Crippen LogP contribution in [-0.2, 0) is 16.6 Å². The molecule has 3 aromatic heterocycles. The van der Waals surface area contributed by atoms with Crippen LogP contribution < -0.4 is 15.0 Å². The van der Waals surface area contributed by atoms with Crippen molar-refractivity contribution in [1.29, 1.82) is 0 Å². The van der Waals surface area contributed by atoms with Gasteiger partial charge in [0.1, 0.15) is 34.4 Å². The quantitative estimate of drug-likeness (QED) is 0.277. The molecule has 42 heavy (non-hydrogen) atoms. The predicted octanol–water partition coefficient (Wildman–Crippen LogP) is 3.40. The number of rotatable bonds is 8. The van der Waals surface area contributed by atoms with Gasteiger partial charge in [-0.05, 0) is 42.8 Å². The first-order chi connectivity index (χ1) is 20.4. The van der Waals surface area contributed by atoms with Crippen LogP contribution in [0, 0.1) is 6.92 Å². The highest BCUT2D eigenvalue weighted by Crippen LogP contribution is 2.31. The molecule has 1 N–H and O–H groups in total. The van der Waals surface area contributed by atoms with Gasteiger partial charge in [0.05, 0.1) is 18.3 Å². The van der Waals surface area contributed by atoms with E-state index in [9.17, 15) is 4.79 Å². The van der Waals surface area contributed by atoms with Crippen LogP contribution in [0.5, 0.6) is 11.5 Å². The number of hydrogen-bond acceptors (Lipinski definition) is 11. The van der Waals surface area contributed by atoms with Gasteiger partial charge in [-0.25, -0.2) is 24.6 Å². The number of amides is 1. The van der Waals surface area contributed by atoms with Crippen LogP contribution in [0.3, 0.4) is 0 Å². The van der Waals surface area contributed by atoms with Crippen LogP contribution in [-0.4, -0.2) is 85.6 Å². The van der Waals surface area contributed by atoms with E-state index in [0.717, 1.165) is 28.0 Å². The number of carbonyl (C=O) groups is 1. The summed E-state index contributed by atoms with van der Waals surface area (Å²) in [5, 5.41) is 11.6. The van der Waals surface area contributed by atoms with Crippen LogP contribution in [0.2, 0.25) is 0 Å². The molecule has 0 spiro atoms. The fourth-order valence-corrected chi connectivity index (χ4v) is 4.85. The molecule has 5 aromatic rings. The minimum absolute atomic E-state index is 0.0888. The zero-order chi connectivity index (χ0) is 29.2. The van der Waals surface area contributed by atoms with E-state index in [2.05, 4.69) is 37.2 Å². The molecule has 1 amide bonds. The van der Waals surface area contributed by atoms with Crippen molar-refractivity contribution in [3.8, 4) is 11.5 Å². The predicted molar refractivity (Wildman–Crippen MR) is 158 cm³/mol. The number of methoxy groups -OCH3 is 1. The summed E-state index contributed by atoms with van der Waals surface area (Å²) in [6.07, 6.45) is 3.18. The van der Waals surface area contributed by atoms with Crippen LogP contribution in [0.4, 0.5) is 17.5 Å². The Balaban J connectivity index is 1.17. The van der Waals surface area contributed by atoms with Gasteiger partial charge < -0.3 is 24.6 Å². The van der Waals surface area contributed by atoms with Crippen molar-refractivity contribution < 1.29 is 14.3 Å². The van der Waals surface area contributed by atoms with Crippen molar-refractivity contribution in [2.24, 2.45) is 7.05 Å². The number of nitrogens with zero attached hydrogens (tertiary/aromatic N) is 9. The minimum atomic E-state index is -0.0888. The van der Waals surface area contributed by atoms with Gasteiger partial charge in [0.15, 0.2) is 5.82 Å². The molecular formula is C29H30N10O3. The van der Waals surface area contributed by atoms with Crippen molar-refractivity contribution in [3.05, 3.63) is 66.6 Å². The number of piperazine rings is 1. The average Bonchev–Trinajstić information content (AvgIpc) is 3.38. The third-order valence-electron chi connectivity index (χ3n) is 7.08. The summed E-state index contributed by atoms with van der Waals surface area (Å²) in [6, 6.07) is 11.5. The van der Waals surface area contributed by atoms with Gasteiger partial charge in [-0.2, -0.15) is 0 Å². The number of anilines is 3. The maximum Gasteiger partial charge on any atom is 0.251 e. The molecule has 214 valence electrons. The first kappa shape index (κ1) is 27.0. The third kappa shape index (κ3) is 5.41. The Morgan fingerprint density at radius 1 is 1.05 bits per heavy atom. The molecule has 0 atom stereocenters. The first-order valence-electron chi connectivity index (χ1n) is 13.4. The standard InChI is InChI=1S/C29H30N10O3/c1-18-13-20(5-8-25(18)42-21-6-7-24-22(14-21)35-36-37(24)3)33-27-26-23(31-17-32-27)15-30-29(34-26)39-11-9-38(10-12-39)28(40)19(2)16-41-4/h5-8,13-15,17H,2,9-12,16H2,1,3-4H3,(H,31,32,33). The number of nitrogens with one attached hydrogen (secondary N) is 1. The lowest BCUT2D eigenvalue weighted by atomic mass is 10.2. The van der Waals surface area contributed by atoms with Crippen LogP contribution in [0.15, 0.2) is 61.1 Å². The van der Waals surface area contributed by atoms with Gasteiger partial charge >= 0.3 is 0 Å². The summed E-state index contributed by atoms with van der Waals surface area (Å²) < 4.78 is 12.9. The Hall–Kier alpha value is -5.17. The van der Waals surface area contributed by atoms with Gasteiger partial charge in [-0.3, -0.25) is 4.79 Å². The van der Waals surface area contributed by atoms with Crippen LogP contribution in [0.25, 0.3) is 22.1 Å². The Labute approximate surface area is 241 Å². The molecule has 1 fully saturated rings. The second-order valence-corrected chi connectivity index (χ2v) is 10.0. The lowest BCUT2D eigenvalue weighted by Gasteiger charge is -2.35. The molecule has 2 aromatic carbocycles. The van der Waals surface area contributed by atoms with Gasteiger partial charge in [0.2, 0.25) is 5.95 Å². The lowest BCUT2D eigenvalue weighted by Crippen LogP contribution is -2.49. The maximum absolute atomic E-state index is 12.6. The van der Waals surface area contributed by atoms with Gasteiger partial charge in [0.25, 0.3) is 5.91 Å². The van der Waals surface area contributed by atoms with Crippen molar-refractivity contribution in [1.82, 2.24) is 39.8 Å². The number of aryl methyl sites for hydroxylation is 2. The van der Waals surface area contributed by atoms with Crippen LogP contribution >= 0.6 is 0 Å². The summed E-state index contributed by atoms with van der Waals surface area (Å²) in [7, 11) is 3.40. The molecular weight excluding hydrogens is 536 g/mol. The zero-order valence-corrected chi connectivity index (χ0v) is 23.6. The maximum atomic E-state index is 12.6. The smallest absolute Gasteiger partial charge is 0.251 e. The molecule has 1 saturated heterocycles.